The van der Waals surface area contributed by atoms with E-state index in [0.717, 1.165) is 35.7 Å². The first-order chi connectivity index (χ1) is 14.1. The number of likely N-dealkylation sites (tertiary alicyclic amines) is 1. The smallest absolute Gasteiger partial charge is 0.223 e. The van der Waals surface area contributed by atoms with Gasteiger partial charge in [0, 0.05) is 75.5 Å². The Morgan fingerprint density at radius 3 is 2.97 bits per heavy atom. The van der Waals surface area contributed by atoms with Crippen molar-refractivity contribution in [3.63, 3.8) is 0 Å². The fourth-order valence-electron chi connectivity index (χ4n) is 4.26. The van der Waals surface area contributed by atoms with E-state index in [0.29, 0.717) is 19.6 Å². The van der Waals surface area contributed by atoms with Gasteiger partial charge in [-0.05, 0) is 19.1 Å². The number of carbonyl (C=O) groups is 1. The topological polar surface area (TPSA) is 76.7 Å². The molecule has 3 aromatic rings. The van der Waals surface area contributed by atoms with Crippen LogP contribution in [0.1, 0.15) is 29.4 Å². The third-order valence-corrected chi connectivity index (χ3v) is 5.89. The maximum absolute atomic E-state index is 12.8. The third-order valence-electron chi connectivity index (χ3n) is 5.89. The number of imidazole rings is 1. The summed E-state index contributed by atoms with van der Waals surface area (Å²) in [5, 5.41) is 7.97. The van der Waals surface area contributed by atoms with E-state index in [4.69, 9.17) is 4.74 Å². The van der Waals surface area contributed by atoms with Gasteiger partial charge in [0.2, 0.25) is 5.91 Å². The van der Waals surface area contributed by atoms with Gasteiger partial charge in [-0.2, -0.15) is 5.10 Å². The van der Waals surface area contributed by atoms with Gasteiger partial charge in [-0.25, -0.2) is 4.98 Å². The van der Waals surface area contributed by atoms with E-state index in [1.807, 2.05) is 47.4 Å². The van der Waals surface area contributed by atoms with Gasteiger partial charge < -0.3 is 19.4 Å². The SMILES string of the molecule is COCCN1C(=O)C[C@@H](CNCc2cccc3nccn23)[C@@H]1c1cnn(C)c1C. The summed E-state index contributed by atoms with van der Waals surface area (Å²) < 4.78 is 9.20. The summed E-state index contributed by atoms with van der Waals surface area (Å²) in [5.41, 5.74) is 4.31. The number of nitrogens with zero attached hydrogens (tertiary/aromatic N) is 5. The van der Waals surface area contributed by atoms with Crippen molar-refractivity contribution in [1.29, 1.82) is 0 Å². The van der Waals surface area contributed by atoms with Crippen LogP contribution in [0.5, 0.6) is 0 Å². The van der Waals surface area contributed by atoms with Crippen molar-refractivity contribution in [2.45, 2.75) is 25.9 Å². The monoisotopic (exact) mass is 396 g/mol. The van der Waals surface area contributed by atoms with Crippen LogP contribution >= 0.6 is 0 Å². The van der Waals surface area contributed by atoms with Crippen LogP contribution in [0.3, 0.4) is 0 Å². The first-order valence-corrected chi connectivity index (χ1v) is 9.98. The molecular weight excluding hydrogens is 368 g/mol. The molecular formula is C21H28N6O2. The summed E-state index contributed by atoms with van der Waals surface area (Å²) in [5.74, 6) is 0.364. The van der Waals surface area contributed by atoms with Crippen molar-refractivity contribution in [1.82, 2.24) is 29.4 Å². The molecule has 1 fully saturated rings. The van der Waals surface area contributed by atoms with E-state index in [1.165, 1.54) is 0 Å². The highest BCUT2D eigenvalue weighted by atomic mass is 16.5. The summed E-state index contributed by atoms with van der Waals surface area (Å²) in [6, 6.07) is 6.12. The molecule has 0 bridgehead atoms. The molecule has 8 nitrogen and oxygen atoms in total. The van der Waals surface area contributed by atoms with E-state index in [-0.39, 0.29) is 17.9 Å². The minimum absolute atomic E-state index is 0.0166. The molecule has 1 amide bonds. The summed E-state index contributed by atoms with van der Waals surface area (Å²) >= 11 is 0. The number of aryl methyl sites for hydroxylation is 1. The Kier molecular flexibility index (Phi) is 5.64. The minimum atomic E-state index is 0.0166. The van der Waals surface area contributed by atoms with Gasteiger partial charge in [-0.3, -0.25) is 9.48 Å². The molecule has 8 heteroatoms. The zero-order valence-electron chi connectivity index (χ0n) is 17.2. The fraction of sp³-hybridized carbons (Fsp3) is 0.476. The molecule has 0 aromatic carbocycles. The van der Waals surface area contributed by atoms with Gasteiger partial charge >= 0.3 is 0 Å². The molecule has 29 heavy (non-hydrogen) atoms. The molecule has 1 aliphatic heterocycles. The number of hydrogen-bond donors (Lipinski definition) is 1. The average molecular weight is 396 g/mol. The van der Waals surface area contributed by atoms with Crippen molar-refractivity contribution in [3.8, 4) is 0 Å². The number of nitrogens with one attached hydrogen (secondary N) is 1. The van der Waals surface area contributed by atoms with Gasteiger partial charge in [0.05, 0.1) is 18.8 Å². The van der Waals surface area contributed by atoms with Crippen LogP contribution in [-0.2, 0) is 23.1 Å². The van der Waals surface area contributed by atoms with Crippen LogP contribution in [0.15, 0.2) is 36.8 Å². The molecule has 0 unspecified atom stereocenters. The van der Waals surface area contributed by atoms with E-state index < -0.39 is 0 Å². The van der Waals surface area contributed by atoms with E-state index >= 15 is 0 Å². The van der Waals surface area contributed by atoms with Crippen molar-refractivity contribution in [2.24, 2.45) is 13.0 Å². The third kappa shape index (κ3) is 3.77. The second-order valence-electron chi connectivity index (χ2n) is 7.60. The molecule has 0 aliphatic carbocycles. The number of aromatic nitrogens is 4. The predicted molar refractivity (Wildman–Crippen MR) is 109 cm³/mol. The van der Waals surface area contributed by atoms with Gasteiger partial charge in [-0.1, -0.05) is 6.07 Å². The van der Waals surface area contributed by atoms with Crippen LogP contribution < -0.4 is 5.32 Å². The Morgan fingerprint density at radius 1 is 1.34 bits per heavy atom. The minimum Gasteiger partial charge on any atom is -0.383 e. The normalized spacial score (nSPS) is 19.6. The molecule has 4 heterocycles. The molecule has 0 spiro atoms. The van der Waals surface area contributed by atoms with Crippen molar-refractivity contribution in [2.75, 3.05) is 26.8 Å². The quantitative estimate of drug-likeness (QED) is 0.627. The van der Waals surface area contributed by atoms with Crippen molar-refractivity contribution in [3.05, 3.63) is 53.7 Å². The number of hydrogen-bond acceptors (Lipinski definition) is 5. The van der Waals surface area contributed by atoms with Crippen LogP contribution in [0.2, 0.25) is 0 Å². The first-order valence-electron chi connectivity index (χ1n) is 9.98. The molecule has 0 saturated carbocycles. The Balaban J connectivity index is 1.50. The first kappa shape index (κ1) is 19.6. The summed E-state index contributed by atoms with van der Waals surface area (Å²) in [6.07, 6.45) is 6.21. The summed E-state index contributed by atoms with van der Waals surface area (Å²) in [4.78, 5) is 19.1. The molecule has 1 N–H and O–H groups in total. The Morgan fingerprint density at radius 2 is 2.21 bits per heavy atom. The molecule has 154 valence electrons. The van der Waals surface area contributed by atoms with E-state index in [9.17, 15) is 4.79 Å². The Bertz CT molecular complexity index is 994. The Hall–Kier alpha value is -2.71. The lowest BCUT2D eigenvalue weighted by molar-refractivity contribution is -0.129. The second kappa shape index (κ2) is 8.34. The van der Waals surface area contributed by atoms with Crippen LogP contribution in [0.4, 0.5) is 0 Å². The zero-order chi connectivity index (χ0) is 20.4. The fourth-order valence-corrected chi connectivity index (χ4v) is 4.26. The van der Waals surface area contributed by atoms with E-state index in [1.54, 1.807) is 7.11 Å². The van der Waals surface area contributed by atoms with Crippen LogP contribution in [-0.4, -0.2) is 56.8 Å². The van der Waals surface area contributed by atoms with Gasteiger partial charge in [0.1, 0.15) is 5.65 Å². The lowest BCUT2D eigenvalue weighted by atomic mass is 9.94. The molecule has 0 radical (unpaired) electrons. The number of ether oxygens (including phenoxy) is 1. The molecule has 2 atom stereocenters. The molecule has 3 aromatic heterocycles. The Labute approximate surface area is 170 Å². The van der Waals surface area contributed by atoms with Gasteiger partial charge in [-0.15, -0.1) is 0 Å². The maximum atomic E-state index is 12.8. The highest BCUT2D eigenvalue weighted by molar-refractivity contribution is 5.79. The van der Waals surface area contributed by atoms with Crippen molar-refractivity contribution >= 4 is 11.6 Å². The van der Waals surface area contributed by atoms with Crippen LogP contribution in [0.25, 0.3) is 5.65 Å². The largest absolute Gasteiger partial charge is 0.383 e. The number of pyridine rings is 1. The number of amides is 1. The number of fused-ring (bicyclic) bond motifs is 1. The van der Waals surface area contributed by atoms with Gasteiger partial charge in [0.25, 0.3) is 0 Å². The average Bonchev–Trinajstić information content (AvgIpc) is 3.40. The summed E-state index contributed by atoms with van der Waals surface area (Å²) in [6.45, 7) is 4.65. The lowest BCUT2D eigenvalue weighted by Crippen LogP contribution is -2.34. The lowest BCUT2D eigenvalue weighted by Gasteiger charge is -2.28. The zero-order valence-corrected chi connectivity index (χ0v) is 17.2. The number of carbonyl (C=O) groups excluding carboxylic acids is 1. The second-order valence-corrected chi connectivity index (χ2v) is 7.60. The maximum Gasteiger partial charge on any atom is 0.223 e. The molecule has 1 aliphatic rings. The number of methoxy groups -OCH3 is 1. The van der Waals surface area contributed by atoms with Gasteiger partial charge in [0.15, 0.2) is 0 Å². The highest BCUT2D eigenvalue weighted by Gasteiger charge is 2.41. The van der Waals surface area contributed by atoms with E-state index in [2.05, 4.69) is 32.8 Å². The summed E-state index contributed by atoms with van der Waals surface area (Å²) in [7, 11) is 3.61. The number of rotatable bonds is 8. The van der Waals surface area contributed by atoms with Crippen molar-refractivity contribution < 1.29 is 9.53 Å². The highest BCUT2D eigenvalue weighted by Crippen LogP contribution is 2.38. The predicted octanol–water partition coefficient (Wildman–Crippen LogP) is 1.70. The molecule has 4 rings (SSSR count). The molecule has 1 saturated heterocycles. The standard InChI is InChI=1S/C21H28N6O2/c1-15-18(14-24-25(15)2)21-16(11-20(28)27(21)9-10-29-3)12-22-13-17-5-4-6-19-23-7-8-26(17)19/h4-8,14,16,21-22H,9-13H2,1-3H3/t16-,21+/m0/s1. The van der Waals surface area contributed by atoms with Crippen LogP contribution in [0, 0.1) is 12.8 Å².